The Morgan fingerprint density at radius 2 is 2.00 bits per heavy atom. The summed E-state index contributed by atoms with van der Waals surface area (Å²) in [5.74, 6) is 0.0343. The monoisotopic (exact) mass is 569 g/mol. The number of nitrogens with zero attached hydrogens (tertiary/aromatic N) is 6. The Kier molecular flexibility index (Phi) is 7.43. The van der Waals surface area contributed by atoms with Gasteiger partial charge in [0.25, 0.3) is 0 Å². The zero-order valence-electron chi connectivity index (χ0n) is 22.9. The van der Waals surface area contributed by atoms with Crippen molar-refractivity contribution in [3.63, 3.8) is 0 Å². The summed E-state index contributed by atoms with van der Waals surface area (Å²) in [6.45, 7) is 4.97. The van der Waals surface area contributed by atoms with Crippen molar-refractivity contribution < 1.29 is 17.9 Å². The van der Waals surface area contributed by atoms with Crippen LogP contribution in [0.15, 0.2) is 43.1 Å². The predicted molar refractivity (Wildman–Crippen MR) is 147 cm³/mol. The molecule has 218 valence electrons. The van der Waals surface area contributed by atoms with Crippen molar-refractivity contribution in [2.75, 3.05) is 26.2 Å². The molecule has 0 atom stereocenters. The summed E-state index contributed by atoms with van der Waals surface area (Å²) < 4.78 is 48.2. The number of halogens is 3. The fourth-order valence-corrected chi connectivity index (χ4v) is 6.00. The average molecular weight is 570 g/mol. The Balaban J connectivity index is 1.07. The third-order valence-electron chi connectivity index (χ3n) is 8.32. The number of alkyl halides is 3. The van der Waals surface area contributed by atoms with Crippen LogP contribution in [0.1, 0.15) is 43.9 Å². The first-order valence-corrected chi connectivity index (χ1v) is 14.0. The lowest BCUT2D eigenvalue weighted by molar-refractivity contribution is -0.141. The molecule has 2 fully saturated rings. The molecule has 13 heteroatoms. The van der Waals surface area contributed by atoms with Crippen LogP contribution in [0.2, 0.25) is 0 Å². The van der Waals surface area contributed by atoms with Gasteiger partial charge in [0, 0.05) is 61.6 Å². The smallest absolute Gasteiger partial charge is 0.433 e. The summed E-state index contributed by atoms with van der Waals surface area (Å²) in [5, 5.41) is 8.68. The van der Waals surface area contributed by atoms with E-state index in [9.17, 15) is 13.2 Å². The number of nitrogens with one attached hydrogen (secondary N) is 2. The molecule has 4 aromatic heterocycles. The number of pyridine rings is 1. The third-order valence-corrected chi connectivity index (χ3v) is 8.32. The standard InChI is InChI=1S/C28H34F3N9O/c1-2-33-13-18-9-23(28(29,30)31)38-24(10-18)41-21-4-7-39(8-5-21)20-11-27(12-20,16-32)40-15-19(14-37-40)25-22-3-6-34-26(22)36-17-35-25/h3,6,9-10,14-15,17,20-21,33H,2,4-5,7-8,11-13,16,32H2,1H3,(H,34,35,36). The first-order chi connectivity index (χ1) is 19.8. The van der Waals surface area contributed by atoms with Gasteiger partial charge in [-0.3, -0.25) is 9.58 Å². The number of hydrogen-bond donors (Lipinski definition) is 3. The van der Waals surface area contributed by atoms with Crippen LogP contribution in [0.25, 0.3) is 22.3 Å². The van der Waals surface area contributed by atoms with Crippen LogP contribution < -0.4 is 15.8 Å². The highest BCUT2D eigenvalue weighted by Crippen LogP contribution is 2.43. The lowest BCUT2D eigenvalue weighted by Gasteiger charge is -2.52. The number of nitrogens with two attached hydrogens (primary N) is 1. The molecular formula is C28H34F3N9O. The lowest BCUT2D eigenvalue weighted by atomic mass is 9.71. The first kappa shape index (κ1) is 27.6. The van der Waals surface area contributed by atoms with Crippen molar-refractivity contribution in [1.82, 2.24) is 39.9 Å². The van der Waals surface area contributed by atoms with E-state index in [2.05, 4.69) is 35.3 Å². The van der Waals surface area contributed by atoms with Gasteiger partial charge in [-0.2, -0.15) is 18.3 Å². The third kappa shape index (κ3) is 5.53. The molecule has 4 N–H and O–H groups in total. The van der Waals surface area contributed by atoms with E-state index in [1.165, 1.54) is 0 Å². The number of aromatic nitrogens is 6. The van der Waals surface area contributed by atoms with Gasteiger partial charge in [0.05, 0.1) is 17.4 Å². The average Bonchev–Trinajstić information content (AvgIpc) is 3.62. The van der Waals surface area contributed by atoms with E-state index in [4.69, 9.17) is 10.5 Å². The fraction of sp³-hybridized carbons (Fsp3) is 0.500. The molecule has 1 aliphatic heterocycles. The maximum Gasteiger partial charge on any atom is 0.433 e. The quantitative estimate of drug-likeness (QED) is 0.279. The molecule has 0 radical (unpaired) electrons. The summed E-state index contributed by atoms with van der Waals surface area (Å²) in [6, 6.07) is 5.00. The number of fused-ring (bicyclic) bond motifs is 1. The Morgan fingerprint density at radius 3 is 2.73 bits per heavy atom. The molecule has 10 nitrogen and oxygen atoms in total. The molecule has 0 spiro atoms. The molecule has 1 aliphatic carbocycles. The minimum absolute atomic E-state index is 0.0343. The van der Waals surface area contributed by atoms with Gasteiger partial charge < -0.3 is 20.8 Å². The second-order valence-corrected chi connectivity index (χ2v) is 11.0. The van der Waals surface area contributed by atoms with Gasteiger partial charge in [0.1, 0.15) is 23.8 Å². The molecular weight excluding hydrogens is 535 g/mol. The van der Waals surface area contributed by atoms with Crippen molar-refractivity contribution in [2.24, 2.45) is 5.73 Å². The summed E-state index contributed by atoms with van der Waals surface area (Å²) in [5.41, 5.74) is 8.14. The molecule has 0 unspecified atom stereocenters. The van der Waals surface area contributed by atoms with Gasteiger partial charge in [-0.15, -0.1) is 0 Å². The highest BCUT2D eigenvalue weighted by molar-refractivity contribution is 5.89. The summed E-state index contributed by atoms with van der Waals surface area (Å²) in [4.78, 5) is 18.1. The number of likely N-dealkylation sites (tertiary alicyclic amines) is 1. The van der Waals surface area contributed by atoms with E-state index in [-0.39, 0.29) is 17.5 Å². The van der Waals surface area contributed by atoms with E-state index in [1.807, 2.05) is 36.3 Å². The van der Waals surface area contributed by atoms with Gasteiger partial charge in [0.2, 0.25) is 5.88 Å². The second kappa shape index (κ2) is 11.0. The van der Waals surface area contributed by atoms with Crippen LogP contribution in [0.3, 0.4) is 0 Å². The number of aromatic amines is 1. The largest absolute Gasteiger partial charge is 0.474 e. The summed E-state index contributed by atoms with van der Waals surface area (Å²) in [6.07, 6.45) is 5.73. The van der Waals surface area contributed by atoms with Crippen LogP contribution in [-0.2, 0) is 18.3 Å². The number of H-pyrrole nitrogens is 1. The molecule has 2 aliphatic rings. The van der Waals surface area contributed by atoms with Gasteiger partial charge in [-0.05, 0) is 49.9 Å². The van der Waals surface area contributed by atoms with Crippen LogP contribution in [0, 0.1) is 0 Å². The molecule has 0 aromatic carbocycles. The molecule has 0 bridgehead atoms. The molecule has 1 saturated heterocycles. The van der Waals surface area contributed by atoms with Crippen LogP contribution in [0.5, 0.6) is 5.88 Å². The van der Waals surface area contributed by atoms with Crippen LogP contribution >= 0.6 is 0 Å². The summed E-state index contributed by atoms with van der Waals surface area (Å²) >= 11 is 0. The number of rotatable bonds is 9. The topological polar surface area (TPSA) is 123 Å². The Morgan fingerprint density at radius 1 is 1.20 bits per heavy atom. The van der Waals surface area contributed by atoms with E-state index in [0.29, 0.717) is 31.2 Å². The summed E-state index contributed by atoms with van der Waals surface area (Å²) in [7, 11) is 0. The van der Waals surface area contributed by atoms with Crippen molar-refractivity contribution in [3.05, 3.63) is 54.4 Å². The zero-order valence-corrected chi connectivity index (χ0v) is 22.9. The maximum atomic E-state index is 13.4. The Hall–Kier alpha value is -3.55. The minimum atomic E-state index is -4.53. The lowest BCUT2D eigenvalue weighted by Crippen LogP contribution is -2.61. The SMILES string of the molecule is CCNCc1cc(OC2CCN(C3CC(CN)(n4cc(-c5ncnc6[nH]ccc56)cn4)C3)CC2)nc(C(F)(F)F)c1. The highest BCUT2D eigenvalue weighted by atomic mass is 19.4. The Bertz CT molecular complexity index is 1490. The minimum Gasteiger partial charge on any atom is -0.474 e. The number of piperidine rings is 1. The van der Waals surface area contributed by atoms with Crippen molar-refractivity contribution in [2.45, 2.75) is 63.0 Å². The van der Waals surface area contributed by atoms with Gasteiger partial charge in [-0.1, -0.05) is 6.92 Å². The van der Waals surface area contributed by atoms with E-state index in [0.717, 1.165) is 67.1 Å². The molecule has 0 amide bonds. The molecule has 41 heavy (non-hydrogen) atoms. The predicted octanol–water partition coefficient (Wildman–Crippen LogP) is 3.70. The van der Waals surface area contributed by atoms with E-state index < -0.39 is 11.9 Å². The molecule has 6 rings (SSSR count). The second-order valence-electron chi connectivity index (χ2n) is 11.0. The van der Waals surface area contributed by atoms with Crippen molar-refractivity contribution in [3.8, 4) is 17.1 Å². The van der Waals surface area contributed by atoms with Crippen LogP contribution in [-0.4, -0.2) is 72.9 Å². The highest BCUT2D eigenvalue weighted by Gasteiger charge is 2.48. The van der Waals surface area contributed by atoms with Crippen molar-refractivity contribution in [1.29, 1.82) is 0 Å². The molecule has 4 aromatic rings. The van der Waals surface area contributed by atoms with Crippen LogP contribution in [0.4, 0.5) is 13.2 Å². The zero-order chi connectivity index (χ0) is 28.6. The first-order valence-electron chi connectivity index (χ1n) is 14.0. The van der Waals surface area contributed by atoms with E-state index in [1.54, 1.807) is 12.4 Å². The fourth-order valence-electron chi connectivity index (χ4n) is 6.00. The Labute approximate surface area is 235 Å². The molecule has 1 saturated carbocycles. The number of ether oxygens (including phenoxy) is 1. The van der Waals surface area contributed by atoms with Gasteiger partial charge >= 0.3 is 6.18 Å². The number of hydrogen-bond acceptors (Lipinski definition) is 8. The van der Waals surface area contributed by atoms with Crippen molar-refractivity contribution >= 4 is 11.0 Å². The van der Waals surface area contributed by atoms with Gasteiger partial charge in [0.15, 0.2) is 0 Å². The van der Waals surface area contributed by atoms with Gasteiger partial charge in [-0.25, -0.2) is 15.0 Å². The molecule has 5 heterocycles. The normalized spacial score (nSPS) is 22.2. The maximum absolute atomic E-state index is 13.4. The van der Waals surface area contributed by atoms with E-state index >= 15 is 0 Å².